The molecule has 0 aliphatic carbocycles. The monoisotopic (exact) mass is 213 g/mol. The van der Waals surface area contributed by atoms with E-state index in [1.807, 2.05) is 0 Å². The van der Waals surface area contributed by atoms with E-state index in [0.29, 0.717) is 5.56 Å². The van der Waals surface area contributed by atoms with Crippen LogP contribution in [0.15, 0.2) is 18.2 Å². The van der Waals surface area contributed by atoms with Crippen molar-refractivity contribution in [2.24, 2.45) is 0 Å². The van der Waals surface area contributed by atoms with E-state index in [1.54, 1.807) is 0 Å². The largest absolute Gasteiger partial charge is 0.508 e. The first-order valence-electron chi connectivity index (χ1n) is 4.41. The van der Waals surface area contributed by atoms with E-state index in [1.165, 1.54) is 19.2 Å². The molecule has 1 unspecified atom stereocenters. The third-order valence-electron chi connectivity index (χ3n) is 2.03. The van der Waals surface area contributed by atoms with E-state index in [4.69, 9.17) is 10.2 Å². The van der Waals surface area contributed by atoms with Crippen molar-refractivity contribution in [3.8, 4) is 5.75 Å². The number of hydrogen-bond donors (Lipinski definition) is 3. The van der Waals surface area contributed by atoms with E-state index in [-0.39, 0.29) is 12.2 Å². The highest BCUT2D eigenvalue weighted by Gasteiger charge is 2.15. The van der Waals surface area contributed by atoms with Crippen LogP contribution in [0, 0.1) is 5.82 Å². The normalized spacial score (nSPS) is 12.4. The molecule has 1 atom stereocenters. The lowest BCUT2D eigenvalue weighted by Crippen LogP contribution is -2.35. The molecule has 1 aromatic rings. The lowest BCUT2D eigenvalue weighted by molar-refractivity contribution is -0.139. The van der Waals surface area contributed by atoms with Crippen LogP contribution in [-0.2, 0) is 11.2 Å². The highest BCUT2D eigenvalue weighted by Crippen LogP contribution is 2.15. The quantitative estimate of drug-likeness (QED) is 0.690. The van der Waals surface area contributed by atoms with Gasteiger partial charge < -0.3 is 15.5 Å². The highest BCUT2D eigenvalue weighted by atomic mass is 19.1. The van der Waals surface area contributed by atoms with Crippen molar-refractivity contribution in [2.45, 2.75) is 12.5 Å². The molecule has 82 valence electrons. The predicted molar refractivity (Wildman–Crippen MR) is 52.3 cm³/mol. The minimum atomic E-state index is -1.01. The third kappa shape index (κ3) is 3.21. The number of carboxylic acid groups (broad SMARTS) is 1. The van der Waals surface area contributed by atoms with Crippen molar-refractivity contribution in [3.63, 3.8) is 0 Å². The van der Waals surface area contributed by atoms with Crippen LogP contribution in [0.2, 0.25) is 0 Å². The lowest BCUT2D eigenvalue weighted by Gasteiger charge is -2.11. The van der Waals surface area contributed by atoms with Crippen molar-refractivity contribution in [2.75, 3.05) is 7.05 Å². The SMILES string of the molecule is CNC(Cc1cc(O)cc(F)c1)C(=O)O. The van der Waals surface area contributed by atoms with Gasteiger partial charge in [0.25, 0.3) is 0 Å². The number of hydrogen-bond acceptors (Lipinski definition) is 3. The molecule has 15 heavy (non-hydrogen) atoms. The molecule has 0 aliphatic heterocycles. The third-order valence-corrected chi connectivity index (χ3v) is 2.03. The van der Waals surface area contributed by atoms with Gasteiger partial charge in [-0.15, -0.1) is 0 Å². The first-order chi connectivity index (χ1) is 7.02. The molecule has 0 bridgehead atoms. The Labute approximate surface area is 86.4 Å². The van der Waals surface area contributed by atoms with Gasteiger partial charge in [0.2, 0.25) is 0 Å². The van der Waals surface area contributed by atoms with Gasteiger partial charge in [0.15, 0.2) is 0 Å². The average Bonchev–Trinajstić information content (AvgIpc) is 2.12. The summed E-state index contributed by atoms with van der Waals surface area (Å²) >= 11 is 0. The van der Waals surface area contributed by atoms with Crippen LogP contribution < -0.4 is 5.32 Å². The summed E-state index contributed by atoms with van der Waals surface area (Å²) in [6.45, 7) is 0. The van der Waals surface area contributed by atoms with Gasteiger partial charge in [0, 0.05) is 6.07 Å². The van der Waals surface area contributed by atoms with Crippen LogP contribution in [0.4, 0.5) is 4.39 Å². The Kier molecular flexibility index (Phi) is 3.62. The number of carbonyl (C=O) groups is 1. The van der Waals surface area contributed by atoms with E-state index >= 15 is 0 Å². The molecule has 0 aromatic heterocycles. The molecule has 1 rings (SSSR count). The van der Waals surface area contributed by atoms with Gasteiger partial charge in [-0.1, -0.05) is 0 Å². The molecular weight excluding hydrogens is 201 g/mol. The summed E-state index contributed by atoms with van der Waals surface area (Å²) < 4.78 is 12.9. The van der Waals surface area contributed by atoms with Crippen LogP contribution in [0.3, 0.4) is 0 Å². The van der Waals surface area contributed by atoms with Crippen molar-refractivity contribution in [3.05, 3.63) is 29.6 Å². The Hall–Kier alpha value is -1.62. The van der Waals surface area contributed by atoms with E-state index < -0.39 is 17.8 Å². The van der Waals surface area contributed by atoms with Gasteiger partial charge in [-0.3, -0.25) is 4.79 Å². The van der Waals surface area contributed by atoms with Crippen LogP contribution in [0.5, 0.6) is 5.75 Å². The summed E-state index contributed by atoms with van der Waals surface area (Å²) in [5, 5.41) is 20.4. The van der Waals surface area contributed by atoms with Gasteiger partial charge in [-0.05, 0) is 31.2 Å². The number of phenolic OH excluding ortho intramolecular Hbond substituents is 1. The van der Waals surface area contributed by atoms with Gasteiger partial charge in [-0.2, -0.15) is 0 Å². The second-order valence-corrected chi connectivity index (χ2v) is 3.20. The van der Waals surface area contributed by atoms with Crippen molar-refractivity contribution in [1.29, 1.82) is 0 Å². The topological polar surface area (TPSA) is 69.6 Å². The Bertz CT molecular complexity index is 347. The molecule has 0 saturated heterocycles. The molecule has 0 amide bonds. The summed E-state index contributed by atoms with van der Waals surface area (Å²) in [5.74, 6) is -1.79. The summed E-state index contributed by atoms with van der Waals surface area (Å²) in [6.07, 6.45) is 0.122. The van der Waals surface area contributed by atoms with Gasteiger partial charge in [-0.25, -0.2) is 4.39 Å². The number of rotatable bonds is 4. The van der Waals surface area contributed by atoms with Crippen LogP contribution >= 0.6 is 0 Å². The van der Waals surface area contributed by atoms with Crippen molar-refractivity contribution < 1.29 is 19.4 Å². The van der Waals surface area contributed by atoms with Crippen LogP contribution in [-0.4, -0.2) is 29.3 Å². The molecule has 0 radical (unpaired) electrons. The maximum absolute atomic E-state index is 12.9. The van der Waals surface area contributed by atoms with Gasteiger partial charge in [0.05, 0.1) is 0 Å². The number of nitrogens with one attached hydrogen (secondary N) is 1. The summed E-state index contributed by atoms with van der Waals surface area (Å²) in [5.41, 5.74) is 0.439. The second kappa shape index (κ2) is 4.75. The average molecular weight is 213 g/mol. The zero-order chi connectivity index (χ0) is 11.4. The fourth-order valence-corrected chi connectivity index (χ4v) is 1.30. The van der Waals surface area contributed by atoms with Gasteiger partial charge in [0.1, 0.15) is 17.6 Å². The fourth-order valence-electron chi connectivity index (χ4n) is 1.30. The number of phenols is 1. The molecule has 0 saturated carbocycles. The Balaban J connectivity index is 2.83. The maximum atomic E-state index is 12.9. The number of benzene rings is 1. The molecule has 0 heterocycles. The predicted octanol–water partition coefficient (Wildman–Crippen LogP) is 0.746. The lowest BCUT2D eigenvalue weighted by atomic mass is 10.1. The molecule has 0 aliphatic rings. The fraction of sp³-hybridized carbons (Fsp3) is 0.300. The standard InChI is InChI=1S/C10H12FNO3/c1-12-9(10(14)15)4-6-2-7(11)5-8(13)3-6/h2-3,5,9,12-13H,4H2,1H3,(H,14,15). The van der Waals surface area contributed by atoms with E-state index in [9.17, 15) is 9.18 Å². The molecular formula is C10H12FNO3. The second-order valence-electron chi connectivity index (χ2n) is 3.20. The smallest absolute Gasteiger partial charge is 0.321 e. The molecule has 5 heteroatoms. The van der Waals surface area contributed by atoms with Crippen molar-refractivity contribution >= 4 is 5.97 Å². The first-order valence-corrected chi connectivity index (χ1v) is 4.41. The minimum Gasteiger partial charge on any atom is -0.508 e. The minimum absolute atomic E-state index is 0.122. The zero-order valence-electron chi connectivity index (χ0n) is 8.20. The summed E-state index contributed by atoms with van der Waals surface area (Å²) in [6, 6.07) is 2.73. The Morgan fingerprint density at radius 3 is 2.67 bits per heavy atom. The van der Waals surface area contributed by atoms with Gasteiger partial charge >= 0.3 is 5.97 Å². The highest BCUT2D eigenvalue weighted by molar-refractivity contribution is 5.73. The van der Waals surface area contributed by atoms with E-state index in [0.717, 1.165) is 6.07 Å². The molecule has 3 N–H and O–H groups in total. The number of carboxylic acids is 1. The number of aliphatic carboxylic acids is 1. The zero-order valence-corrected chi connectivity index (χ0v) is 8.20. The Morgan fingerprint density at radius 2 is 2.20 bits per heavy atom. The number of likely N-dealkylation sites (N-methyl/N-ethyl adjacent to an activating group) is 1. The molecule has 1 aromatic carbocycles. The van der Waals surface area contributed by atoms with Crippen LogP contribution in [0.1, 0.15) is 5.56 Å². The number of halogens is 1. The maximum Gasteiger partial charge on any atom is 0.321 e. The molecule has 0 fully saturated rings. The first kappa shape index (κ1) is 11.5. The Morgan fingerprint density at radius 1 is 1.53 bits per heavy atom. The van der Waals surface area contributed by atoms with Crippen LogP contribution in [0.25, 0.3) is 0 Å². The summed E-state index contributed by atoms with van der Waals surface area (Å²) in [7, 11) is 1.51. The molecule has 0 spiro atoms. The van der Waals surface area contributed by atoms with E-state index in [2.05, 4.69) is 5.32 Å². The summed E-state index contributed by atoms with van der Waals surface area (Å²) in [4.78, 5) is 10.7. The number of aromatic hydroxyl groups is 1. The van der Waals surface area contributed by atoms with Crippen molar-refractivity contribution in [1.82, 2.24) is 5.32 Å². The molecule has 4 nitrogen and oxygen atoms in total.